The van der Waals surface area contributed by atoms with Crippen LogP contribution in [0.5, 0.6) is 0 Å². The van der Waals surface area contributed by atoms with E-state index in [0.717, 1.165) is 11.1 Å². The van der Waals surface area contributed by atoms with Crippen LogP contribution in [0.3, 0.4) is 0 Å². The van der Waals surface area contributed by atoms with Gasteiger partial charge in [0.2, 0.25) is 0 Å². The van der Waals surface area contributed by atoms with Crippen LogP contribution in [0.2, 0.25) is 0 Å². The van der Waals surface area contributed by atoms with Gasteiger partial charge >= 0.3 is 11.9 Å². The Labute approximate surface area is 163 Å². The lowest BCUT2D eigenvalue weighted by molar-refractivity contribution is -0.136. The predicted molar refractivity (Wildman–Crippen MR) is 104 cm³/mol. The number of carbonyl (C=O) groups excluding carboxylic acids is 2. The standard InChI is InChI=1S/C24H20O4/c1-27-23(25)18-9-5-8-17-20-13-10-11-16(19(12-13)24(26)28-2)21(22(17)18)15-7-4-3-6-14(15)20/h3-13,16,20-21H,1-2H3. The average molecular weight is 372 g/mol. The van der Waals surface area contributed by atoms with E-state index in [1.165, 1.54) is 25.3 Å². The van der Waals surface area contributed by atoms with E-state index in [-0.39, 0.29) is 35.6 Å². The third-order valence-electron chi connectivity index (χ3n) is 6.29. The van der Waals surface area contributed by atoms with Crippen molar-refractivity contribution in [1.29, 1.82) is 0 Å². The maximum atomic E-state index is 12.6. The number of methoxy groups -OCH3 is 2. The number of carbonyl (C=O) groups is 2. The molecular weight excluding hydrogens is 352 g/mol. The van der Waals surface area contributed by atoms with Crippen LogP contribution in [-0.4, -0.2) is 26.2 Å². The monoisotopic (exact) mass is 372 g/mol. The lowest BCUT2D eigenvalue weighted by Gasteiger charge is -2.45. The van der Waals surface area contributed by atoms with Crippen LogP contribution in [0.15, 0.2) is 66.3 Å². The van der Waals surface area contributed by atoms with Gasteiger partial charge in [0.1, 0.15) is 0 Å². The topological polar surface area (TPSA) is 52.6 Å². The molecule has 6 aliphatic carbocycles. The molecule has 0 aromatic heterocycles. The molecule has 140 valence electrons. The zero-order valence-corrected chi connectivity index (χ0v) is 15.7. The van der Waals surface area contributed by atoms with E-state index in [4.69, 9.17) is 9.47 Å². The normalized spacial score (nSPS) is 25.9. The number of hydrogen-bond donors (Lipinski definition) is 0. The van der Waals surface area contributed by atoms with Crippen molar-refractivity contribution in [2.24, 2.45) is 11.8 Å². The molecule has 4 unspecified atom stereocenters. The molecule has 2 aromatic rings. The SMILES string of the molecule is COC(=O)C1=CC2C=CC1C1c3ccccc3C2c2cccc(C(=O)OC)c21. The zero-order chi connectivity index (χ0) is 19.4. The first-order valence-corrected chi connectivity index (χ1v) is 9.44. The van der Waals surface area contributed by atoms with Crippen LogP contribution in [0.1, 0.15) is 44.4 Å². The highest BCUT2D eigenvalue weighted by Crippen LogP contribution is 2.56. The minimum Gasteiger partial charge on any atom is -0.466 e. The Balaban J connectivity index is 1.85. The minimum atomic E-state index is -0.344. The fraction of sp³-hybridized carbons (Fsp3) is 0.250. The van der Waals surface area contributed by atoms with E-state index in [1.807, 2.05) is 18.2 Å². The van der Waals surface area contributed by atoms with Crippen molar-refractivity contribution in [2.75, 3.05) is 14.2 Å². The number of rotatable bonds is 2. The van der Waals surface area contributed by atoms with Crippen LogP contribution in [0, 0.1) is 11.8 Å². The molecule has 0 fully saturated rings. The second-order valence-corrected chi connectivity index (χ2v) is 7.49. The van der Waals surface area contributed by atoms with Crippen LogP contribution >= 0.6 is 0 Å². The number of ether oxygens (including phenoxy) is 2. The molecule has 28 heavy (non-hydrogen) atoms. The Hall–Kier alpha value is -3.14. The van der Waals surface area contributed by atoms with E-state index >= 15 is 0 Å². The fourth-order valence-electron chi connectivity index (χ4n) is 5.22. The van der Waals surface area contributed by atoms with Gasteiger partial charge in [-0.05, 0) is 28.3 Å². The van der Waals surface area contributed by atoms with Crippen molar-refractivity contribution in [2.45, 2.75) is 11.8 Å². The van der Waals surface area contributed by atoms with Gasteiger partial charge in [-0.2, -0.15) is 0 Å². The smallest absolute Gasteiger partial charge is 0.338 e. The van der Waals surface area contributed by atoms with Crippen molar-refractivity contribution in [1.82, 2.24) is 0 Å². The summed E-state index contributed by atoms with van der Waals surface area (Å²) >= 11 is 0. The van der Waals surface area contributed by atoms with Crippen LogP contribution in [-0.2, 0) is 14.3 Å². The molecule has 0 spiro atoms. The van der Waals surface area contributed by atoms with Gasteiger partial charge in [-0.15, -0.1) is 0 Å². The first-order valence-electron chi connectivity index (χ1n) is 9.44. The summed E-state index contributed by atoms with van der Waals surface area (Å²) in [6, 6.07) is 14.2. The van der Waals surface area contributed by atoms with Gasteiger partial charge < -0.3 is 9.47 Å². The first kappa shape index (κ1) is 17.0. The van der Waals surface area contributed by atoms with E-state index < -0.39 is 0 Å². The summed E-state index contributed by atoms with van der Waals surface area (Å²) in [6.07, 6.45) is 6.36. The second-order valence-electron chi connectivity index (χ2n) is 7.49. The van der Waals surface area contributed by atoms with Crippen molar-refractivity contribution in [3.8, 4) is 0 Å². The highest BCUT2D eigenvalue weighted by atomic mass is 16.5. The lowest BCUT2D eigenvalue weighted by atomic mass is 9.58. The quantitative estimate of drug-likeness (QED) is 0.591. The van der Waals surface area contributed by atoms with Crippen molar-refractivity contribution in [3.63, 3.8) is 0 Å². The van der Waals surface area contributed by atoms with E-state index in [0.29, 0.717) is 11.1 Å². The summed E-state index contributed by atoms with van der Waals surface area (Å²) in [7, 11) is 2.82. The van der Waals surface area contributed by atoms with Crippen LogP contribution in [0.25, 0.3) is 0 Å². The molecule has 4 atom stereocenters. The summed E-state index contributed by atoms with van der Waals surface area (Å²) in [5.41, 5.74) is 5.81. The van der Waals surface area contributed by atoms with E-state index in [1.54, 1.807) is 0 Å². The number of allylic oxidation sites excluding steroid dienone is 3. The Morgan fingerprint density at radius 3 is 2.18 bits per heavy atom. The summed E-state index contributed by atoms with van der Waals surface area (Å²) in [5.74, 6) is -0.898. The maximum absolute atomic E-state index is 12.6. The molecule has 0 radical (unpaired) electrons. The molecule has 0 saturated heterocycles. The molecule has 2 aromatic carbocycles. The molecule has 0 saturated carbocycles. The maximum Gasteiger partial charge on any atom is 0.338 e. The molecule has 0 heterocycles. The van der Waals surface area contributed by atoms with E-state index in [2.05, 4.69) is 42.5 Å². The average Bonchev–Trinajstić information content (AvgIpc) is 2.73. The summed E-state index contributed by atoms with van der Waals surface area (Å²) in [6.45, 7) is 0. The first-order chi connectivity index (χ1) is 13.7. The molecule has 6 aliphatic rings. The third-order valence-corrected chi connectivity index (χ3v) is 6.29. The number of esters is 2. The van der Waals surface area contributed by atoms with Crippen molar-refractivity contribution >= 4 is 11.9 Å². The molecule has 8 rings (SSSR count). The number of hydrogen-bond acceptors (Lipinski definition) is 4. The van der Waals surface area contributed by atoms with Gasteiger partial charge in [-0.25, -0.2) is 9.59 Å². The van der Waals surface area contributed by atoms with Gasteiger partial charge in [0.15, 0.2) is 0 Å². The molecule has 4 bridgehead atoms. The Bertz CT molecular complexity index is 1060. The van der Waals surface area contributed by atoms with Gasteiger partial charge in [-0.3, -0.25) is 0 Å². The molecule has 4 heteroatoms. The molecule has 0 amide bonds. The molecule has 0 aliphatic heterocycles. The largest absolute Gasteiger partial charge is 0.466 e. The van der Waals surface area contributed by atoms with Gasteiger partial charge in [0.05, 0.1) is 19.8 Å². The highest BCUT2D eigenvalue weighted by Gasteiger charge is 2.46. The third kappa shape index (κ3) is 2.18. The summed E-state index contributed by atoms with van der Waals surface area (Å²) in [5, 5.41) is 0. The Morgan fingerprint density at radius 2 is 1.46 bits per heavy atom. The summed E-state index contributed by atoms with van der Waals surface area (Å²) in [4.78, 5) is 25.2. The van der Waals surface area contributed by atoms with Gasteiger partial charge in [-0.1, -0.05) is 54.6 Å². The van der Waals surface area contributed by atoms with Crippen molar-refractivity contribution in [3.05, 3.63) is 94.1 Å². The minimum absolute atomic E-state index is 0.0272. The van der Waals surface area contributed by atoms with Crippen LogP contribution < -0.4 is 0 Å². The summed E-state index contributed by atoms with van der Waals surface area (Å²) < 4.78 is 10.2. The molecule has 4 nitrogen and oxygen atoms in total. The van der Waals surface area contributed by atoms with Gasteiger partial charge in [0, 0.05) is 29.2 Å². The van der Waals surface area contributed by atoms with Crippen LogP contribution in [0.4, 0.5) is 0 Å². The second kappa shape index (κ2) is 6.20. The highest BCUT2D eigenvalue weighted by molar-refractivity contribution is 5.94. The number of benzene rings is 2. The van der Waals surface area contributed by atoms with Gasteiger partial charge in [0.25, 0.3) is 0 Å². The van der Waals surface area contributed by atoms with E-state index in [9.17, 15) is 9.59 Å². The predicted octanol–water partition coefficient (Wildman–Crippen LogP) is 3.97. The Morgan fingerprint density at radius 1 is 0.786 bits per heavy atom. The van der Waals surface area contributed by atoms with Crippen molar-refractivity contribution < 1.29 is 19.1 Å². The lowest BCUT2D eigenvalue weighted by Crippen LogP contribution is -2.35. The fourth-order valence-corrected chi connectivity index (χ4v) is 5.22. The Kier molecular flexibility index (Phi) is 3.76. The zero-order valence-electron chi connectivity index (χ0n) is 15.7. The molecule has 0 N–H and O–H groups in total. The molecular formula is C24H20O4.